The molecule has 0 bridgehead atoms. The van der Waals surface area contributed by atoms with Crippen LogP contribution in [0.3, 0.4) is 0 Å². The summed E-state index contributed by atoms with van der Waals surface area (Å²) >= 11 is 6.01. The molecule has 1 fully saturated rings. The highest BCUT2D eigenvalue weighted by molar-refractivity contribution is 6.30. The van der Waals surface area contributed by atoms with Crippen LogP contribution >= 0.6 is 11.6 Å². The highest BCUT2D eigenvalue weighted by atomic mass is 35.5. The van der Waals surface area contributed by atoms with Gasteiger partial charge in [-0.3, -0.25) is 0 Å². The van der Waals surface area contributed by atoms with Crippen molar-refractivity contribution in [3.63, 3.8) is 0 Å². The Balaban J connectivity index is 1.74. The van der Waals surface area contributed by atoms with Gasteiger partial charge in [0.2, 0.25) is 0 Å². The van der Waals surface area contributed by atoms with E-state index >= 15 is 0 Å². The maximum Gasteiger partial charge on any atom is 0.0426 e. The second kappa shape index (κ2) is 6.19. The van der Waals surface area contributed by atoms with E-state index in [-0.39, 0.29) is 0 Å². The van der Waals surface area contributed by atoms with Crippen molar-refractivity contribution in [2.45, 2.75) is 19.4 Å². The van der Waals surface area contributed by atoms with Crippen molar-refractivity contribution in [1.29, 1.82) is 0 Å². The fraction of sp³-hybridized carbons (Fsp3) is 0.294. The molecule has 0 spiro atoms. The SMILES string of the molecule is Clc1cccc(NCc2ccccc2N2CCCC2)c1. The van der Waals surface area contributed by atoms with Gasteiger partial charge < -0.3 is 10.2 Å². The summed E-state index contributed by atoms with van der Waals surface area (Å²) in [7, 11) is 0. The number of halogens is 1. The fourth-order valence-electron chi connectivity index (χ4n) is 2.72. The van der Waals surface area contributed by atoms with E-state index in [1.54, 1.807) is 0 Å². The molecule has 1 heterocycles. The number of nitrogens with one attached hydrogen (secondary N) is 1. The Kier molecular flexibility index (Phi) is 4.12. The van der Waals surface area contributed by atoms with E-state index in [2.05, 4.69) is 34.5 Å². The lowest BCUT2D eigenvalue weighted by Crippen LogP contribution is -2.19. The average molecular weight is 287 g/mol. The minimum absolute atomic E-state index is 0.767. The largest absolute Gasteiger partial charge is 0.381 e. The van der Waals surface area contributed by atoms with Gasteiger partial charge in [0.25, 0.3) is 0 Å². The third kappa shape index (κ3) is 3.07. The van der Waals surface area contributed by atoms with Gasteiger partial charge in [-0.05, 0) is 42.7 Å². The Hall–Kier alpha value is -1.67. The van der Waals surface area contributed by atoms with Crippen LogP contribution in [0.2, 0.25) is 5.02 Å². The van der Waals surface area contributed by atoms with Crippen LogP contribution in [0, 0.1) is 0 Å². The first-order valence-electron chi connectivity index (χ1n) is 7.15. The van der Waals surface area contributed by atoms with E-state index < -0.39 is 0 Å². The summed E-state index contributed by atoms with van der Waals surface area (Å²) in [4.78, 5) is 2.48. The number of nitrogens with zero attached hydrogens (tertiary/aromatic N) is 1. The highest BCUT2D eigenvalue weighted by Gasteiger charge is 2.14. The van der Waals surface area contributed by atoms with Crippen LogP contribution in [0.5, 0.6) is 0 Å². The first-order chi connectivity index (χ1) is 9.83. The van der Waals surface area contributed by atoms with Crippen molar-refractivity contribution in [3.05, 3.63) is 59.1 Å². The van der Waals surface area contributed by atoms with Gasteiger partial charge in [-0.1, -0.05) is 35.9 Å². The third-order valence-electron chi connectivity index (χ3n) is 3.75. The number of rotatable bonds is 4. The molecule has 2 aromatic carbocycles. The molecule has 104 valence electrons. The molecule has 2 aromatic rings. The molecule has 0 aromatic heterocycles. The number of para-hydroxylation sites is 1. The molecule has 1 aliphatic rings. The number of benzene rings is 2. The second-order valence-corrected chi connectivity index (χ2v) is 5.62. The number of hydrogen-bond acceptors (Lipinski definition) is 2. The van der Waals surface area contributed by atoms with Crippen LogP contribution in [0.4, 0.5) is 11.4 Å². The van der Waals surface area contributed by atoms with Gasteiger partial charge in [0, 0.05) is 36.0 Å². The standard InChI is InChI=1S/C17H19ClN2/c18-15-7-5-8-16(12-15)19-13-14-6-1-2-9-17(14)20-10-3-4-11-20/h1-2,5-9,12,19H,3-4,10-11,13H2. The van der Waals surface area contributed by atoms with Crippen LogP contribution in [0.15, 0.2) is 48.5 Å². The van der Waals surface area contributed by atoms with Gasteiger partial charge >= 0.3 is 0 Å². The molecular weight excluding hydrogens is 268 g/mol. The molecule has 3 heteroatoms. The molecule has 3 rings (SSSR count). The molecular formula is C17H19ClN2. The molecule has 1 N–H and O–H groups in total. The van der Waals surface area contributed by atoms with Gasteiger partial charge in [0.15, 0.2) is 0 Å². The van der Waals surface area contributed by atoms with E-state index in [0.29, 0.717) is 0 Å². The molecule has 0 radical (unpaired) electrons. The van der Waals surface area contributed by atoms with Gasteiger partial charge in [0.05, 0.1) is 0 Å². The maximum atomic E-state index is 6.01. The zero-order chi connectivity index (χ0) is 13.8. The normalized spacial score (nSPS) is 14.6. The van der Waals surface area contributed by atoms with Crippen LogP contribution in [0.1, 0.15) is 18.4 Å². The number of hydrogen-bond donors (Lipinski definition) is 1. The Morgan fingerprint density at radius 3 is 2.60 bits per heavy atom. The topological polar surface area (TPSA) is 15.3 Å². The molecule has 0 amide bonds. The van der Waals surface area contributed by atoms with Crippen molar-refractivity contribution in [2.75, 3.05) is 23.3 Å². The predicted octanol–water partition coefficient (Wildman–Crippen LogP) is 4.55. The maximum absolute atomic E-state index is 6.01. The van der Waals surface area contributed by atoms with E-state index in [0.717, 1.165) is 17.3 Å². The minimum atomic E-state index is 0.767. The zero-order valence-corrected chi connectivity index (χ0v) is 12.2. The fourth-order valence-corrected chi connectivity index (χ4v) is 2.91. The Labute approximate surface area is 125 Å². The smallest absolute Gasteiger partial charge is 0.0426 e. The van der Waals surface area contributed by atoms with Crippen molar-refractivity contribution < 1.29 is 0 Å². The Morgan fingerprint density at radius 1 is 1.00 bits per heavy atom. The monoisotopic (exact) mass is 286 g/mol. The average Bonchev–Trinajstić information content (AvgIpc) is 3.00. The zero-order valence-electron chi connectivity index (χ0n) is 11.5. The van der Waals surface area contributed by atoms with Gasteiger partial charge in [-0.25, -0.2) is 0 Å². The summed E-state index contributed by atoms with van der Waals surface area (Å²) in [6.45, 7) is 3.18. The van der Waals surface area contributed by atoms with Gasteiger partial charge in [-0.2, -0.15) is 0 Å². The molecule has 1 aliphatic heterocycles. The predicted molar refractivity (Wildman–Crippen MR) is 86.7 cm³/mol. The van der Waals surface area contributed by atoms with Crippen LogP contribution in [-0.2, 0) is 6.54 Å². The Bertz CT molecular complexity index is 577. The molecule has 2 nitrogen and oxygen atoms in total. The van der Waals surface area contributed by atoms with Crippen molar-refractivity contribution in [2.24, 2.45) is 0 Å². The minimum Gasteiger partial charge on any atom is -0.381 e. The summed E-state index contributed by atoms with van der Waals surface area (Å²) in [6, 6.07) is 16.5. The van der Waals surface area contributed by atoms with Crippen molar-refractivity contribution in [3.8, 4) is 0 Å². The van der Waals surface area contributed by atoms with E-state index in [1.807, 2.05) is 24.3 Å². The van der Waals surface area contributed by atoms with Gasteiger partial charge in [-0.15, -0.1) is 0 Å². The quantitative estimate of drug-likeness (QED) is 0.887. The molecule has 1 saturated heterocycles. The molecule has 0 saturated carbocycles. The lowest BCUT2D eigenvalue weighted by atomic mass is 10.1. The first-order valence-corrected chi connectivity index (χ1v) is 7.53. The van der Waals surface area contributed by atoms with E-state index in [9.17, 15) is 0 Å². The van der Waals surface area contributed by atoms with Crippen LogP contribution in [0.25, 0.3) is 0 Å². The summed E-state index contributed by atoms with van der Waals surface area (Å²) in [6.07, 6.45) is 2.60. The molecule has 20 heavy (non-hydrogen) atoms. The van der Waals surface area contributed by atoms with Crippen molar-refractivity contribution >= 4 is 23.0 Å². The second-order valence-electron chi connectivity index (χ2n) is 5.19. The molecule has 0 aliphatic carbocycles. The summed E-state index contributed by atoms with van der Waals surface area (Å²) in [5.74, 6) is 0. The third-order valence-corrected chi connectivity index (χ3v) is 3.98. The Morgan fingerprint density at radius 2 is 1.80 bits per heavy atom. The molecule has 0 unspecified atom stereocenters. The molecule has 0 atom stereocenters. The van der Waals surface area contributed by atoms with Crippen LogP contribution < -0.4 is 10.2 Å². The lowest BCUT2D eigenvalue weighted by Gasteiger charge is -2.21. The summed E-state index contributed by atoms with van der Waals surface area (Å²) in [5.41, 5.74) is 3.77. The van der Waals surface area contributed by atoms with Gasteiger partial charge in [0.1, 0.15) is 0 Å². The number of anilines is 2. The van der Waals surface area contributed by atoms with Crippen molar-refractivity contribution in [1.82, 2.24) is 0 Å². The summed E-state index contributed by atoms with van der Waals surface area (Å²) in [5, 5.41) is 4.22. The lowest BCUT2D eigenvalue weighted by molar-refractivity contribution is 0.949. The summed E-state index contributed by atoms with van der Waals surface area (Å²) < 4.78 is 0. The van der Waals surface area contributed by atoms with Crippen LogP contribution in [-0.4, -0.2) is 13.1 Å². The highest BCUT2D eigenvalue weighted by Crippen LogP contribution is 2.25. The van der Waals surface area contributed by atoms with E-state index in [1.165, 1.54) is 37.2 Å². The van der Waals surface area contributed by atoms with E-state index in [4.69, 9.17) is 11.6 Å². The first kappa shape index (κ1) is 13.3.